The van der Waals surface area contributed by atoms with Crippen LogP contribution in [0.3, 0.4) is 0 Å². The molecule has 2 amide bonds. The minimum absolute atomic E-state index is 0.242. The molecule has 0 spiro atoms. The second-order valence-electron chi connectivity index (χ2n) is 4.62. The standard InChI is InChI=1S/C14H19N5O/c1-10-12(9-19(2)18-10)8-16-14(20)17-13-5-3-11(7-15)4-6-13/h3-6,9H,7-8,15H2,1-2H3,(H2,16,17,20). The largest absolute Gasteiger partial charge is 0.334 e. The van der Waals surface area contributed by atoms with Gasteiger partial charge in [0.2, 0.25) is 0 Å². The van der Waals surface area contributed by atoms with E-state index in [1.54, 1.807) is 4.68 Å². The molecule has 6 nitrogen and oxygen atoms in total. The van der Waals surface area contributed by atoms with Gasteiger partial charge in [-0.3, -0.25) is 4.68 Å². The smallest absolute Gasteiger partial charge is 0.319 e. The van der Waals surface area contributed by atoms with Gasteiger partial charge in [0.15, 0.2) is 0 Å². The average molecular weight is 273 g/mol. The summed E-state index contributed by atoms with van der Waals surface area (Å²) in [5.41, 5.74) is 9.21. The molecule has 0 radical (unpaired) electrons. The fourth-order valence-electron chi connectivity index (χ4n) is 1.90. The SMILES string of the molecule is Cc1nn(C)cc1CNC(=O)Nc1ccc(CN)cc1. The Kier molecular flexibility index (Phi) is 4.37. The molecular formula is C14H19N5O. The zero-order valence-corrected chi connectivity index (χ0v) is 11.7. The highest BCUT2D eigenvalue weighted by Gasteiger charge is 2.06. The van der Waals surface area contributed by atoms with Gasteiger partial charge in [0.1, 0.15) is 0 Å². The average Bonchev–Trinajstić information content (AvgIpc) is 2.75. The van der Waals surface area contributed by atoms with E-state index in [0.717, 1.165) is 22.5 Å². The number of nitrogens with two attached hydrogens (primary N) is 1. The van der Waals surface area contributed by atoms with E-state index >= 15 is 0 Å². The number of amides is 2. The van der Waals surface area contributed by atoms with Gasteiger partial charge in [0.25, 0.3) is 0 Å². The summed E-state index contributed by atoms with van der Waals surface area (Å²) in [6.07, 6.45) is 1.89. The minimum atomic E-state index is -0.242. The molecule has 106 valence electrons. The van der Waals surface area contributed by atoms with Crippen LogP contribution in [0.4, 0.5) is 10.5 Å². The number of carbonyl (C=O) groups is 1. The van der Waals surface area contributed by atoms with Gasteiger partial charge in [-0.25, -0.2) is 4.79 Å². The number of anilines is 1. The van der Waals surface area contributed by atoms with Crippen LogP contribution in [0, 0.1) is 6.92 Å². The van der Waals surface area contributed by atoms with Crippen molar-refractivity contribution in [2.75, 3.05) is 5.32 Å². The third-order valence-electron chi connectivity index (χ3n) is 3.00. The van der Waals surface area contributed by atoms with Crippen molar-refractivity contribution >= 4 is 11.7 Å². The van der Waals surface area contributed by atoms with Gasteiger partial charge in [-0.05, 0) is 24.6 Å². The van der Waals surface area contributed by atoms with Gasteiger partial charge >= 0.3 is 6.03 Å². The molecule has 0 fully saturated rings. The summed E-state index contributed by atoms with van der Waals surface area (Å²) in [6.45, 7) is 2.86. The van der Waals surface area contributed by atoms with Gasteiger partial charge < -0.3 is 16.4 Å². The molecule has 20 heavy (non-hydrogen) atoms. The molecule has 2 aromatic rings. The number of benzene rings is 1. The number of aromatic nitrogens is 2. The second-order valence-corrected chi connectivity index (χ2v) is 4.62. The van der Waals surface area contributed by atoms with Crippen LogP contribution in [0.15, 0.2) is 30.5 Å². The van der Waals surface area contributed by atoms with Gasteiger partial charge in [-0.2, -0.15) is 5.10 Å². The number of hydrogen-bond acceptors (Lipinski definition) is 3. The lowest BCUT2D eigenvalue weighted by molar-refractivity contribution is 0.251. The third-order valence-corrected chi connectivity index (χ3v) is 3.00. The molecule has 0 aliphatic rings. The molecule has 6 heteroatoms. The van der Waals surface area contributed by atoms with E-state index in [1.807, 2.05) is 44.4 Å². The molecule has 0 atom stereocenters. The molecular weight excluding hydrogens is 254 g/mol. The van der Waals surface area contributed by atoms with E-state index in [0.29, 0.717) is 13.1 Å². The van der Waals surface area contributed by atoms with Crippen molar-refractivity contribution in [2.24, 2.45) is 12.8 Å². The van der Waals surface area contributed by atoms with Crippen LogP contribution in [0.1, 0.15) is 16.8 Å². The van der Waals surface area contributed by atoms with Crippen LogP contribution in [0.25, 0.3) is 0 Å². The molecule has 0 aliphatic carbocycles. The Hall–Kier alpha value is -2.34. The van der Waals surface area contributed by atoms with Gasteiger partial charge in [-0.15, -0.1) is 0 Å². The lowest BCUT2D eigenvalue weighted by Crippen LogP contribution is -2.28. The Morgan fingerprint density at radius 1 is 1.35 bits per heavy atom. The van der Waals surface area contributed by atoms with Crippen LogP contribution in [-0.2, 0) is 20.1 Å². The topological polar surface area (TPSA) is 85.0 Å². The first-order valence-corrected chi connectivity index (χ1v) is 6.41. The highest BCUT2D eigenvalue weighted by atomic mass is 16.2. The Morgan fingerprint density at radius 3 is 2.60 bits per heavy atom. The molecule has 0 saturated heterocycles. The molecule has 1 heterocycles. The number of carbonyl (C=O) groups excluding carboxylic acids is 1. The predicted molar refractivity (Wildman–Crippen MR) is 78.1 cm³/mol. The summed E-state index contributed by atoms with van der Waals surface area (Å²) < 4.78 is 1.73. The summed E-state index contributed by atoms with van der Waals surface area (Å²) >= 11 is 0. The molecule has 0 unspecified atom stereocenters. The Balaban J connectivity index is 1.87. The number of aryl methyl sites for hydroxylation is 2. The van der Waals surface area contributed by atoms with Crippen molar-refractivity contribution in [3.63, 3.8) is 0 Å². The molecule has 0 saturated carbocycles. The summed E-state index contributed by atoms with van der Waals surface area (Å²) in [4.78, 5) is 11.8. The van der Waals surface area contributed by atoms with Crippen molar-refractivity contribution < 1.29 is 4.79 Å². The highest BCUT2D eigenvalue weighted by molar-refractivity contribution is 5.89. The zero-order valence-electron chi connectivity index (χ0n) is 11.7. The number of urea groups is 1. The lowest BCUT2D eigenvalue weighted by Gasteiger charge is -2.07. The summed E-state index contributed by atoms with van der Waals surface area (Å²) in [5, 5.41) is 9.80. The van der Waals surface area contributed by atoms with Crippen LogP contribution >= 0.6 is 0 Å². The second kappa shape index (κ2) is 6.21. The fourth-order valence-corrected chi connectivity index (χ4v) is 1.90. The molecule has 1 aromatic carbocycles. The minimum Gasteiger partial charge on any atom is -0.334 e. The maximum atomic E-state index is 11.8. The Labute approximate surface area is 118 Å². The number of rotatable bonds is 4. The van der Waals surface area contributed by atoms with E-state index in [2.05, 4.69) is 15.7 Å². The van der Waals surface area contributed by atoms with Crippen LogP contribution in [0.5, 0.6) is 0 Å². The first-order valence-electron chi connectivity index (χ1n) is 6.41. The predicted octanol–water partition coefficient (Wildman–Crippen LogP) is 1.51. The van der Waals surface area contributed by atoms with Gasteiger partial charge in [-0.1, -0.05) is 12.1 Å². The van der Waals surface area contributed by atoms with Crippen molar-refractivity contribution in [3.8, 4) is 0 Å². The summed E-state index contributed by atoms with van der Waals surface area (Å²) in [7, 11) is 1.86. The van der Waals surface area contributed by atoms with Gasteiger partial charge in [0, 0.05) is 37.6 Å². The Bertz CT molecular complexity index is 588. The molecule has 4 N–H and O–H groups in total. The number of hydrogen-bond donors (Lipinski definition) is 3. The van der Waals surface area contributed by atoms with E-state index in [9.17, 15) is 4.79 Å². The van der Waals surface area contributed by atoms with Crippen molar-refractivity contribution in [2.45, 2.75) is 20.0 Å². The molecule has 2 rings (SSSR count). The monoisotopic (exact) mass is 273 g/mol. The number of nitrogens with one attached hydrogen (secondary N) is 2. The quantitative estimate of drug-likeness (QED) is 0.789. The number of nitrogens with zero attached hydrogens (tertiary/aromatic N) is 2. The first kappa shape index (κ1) is 14.1. The summed E-state index contributed by atoms with van der Waals surface area (Å²) in [5.74, 6) is 0. The van der Waals surface area contributed by atoms with E-state index in [4.69, 9.17) is 5.73 Å². The van der Waals surface area contributed by atoms with Crippen molar-refractivity contribution in [1.82, 2.24) is 15.1 Å². The molecule has 0 aliphatic heterocycles. The van der Waals surface area contributed by atoms with Crippen LogP contribution in [0.2, 0.25) is 0 Å². The molecule has 0 bridgehead atoms. The third kappa shape index (κ3) is 3.58. The maximum Gasteiger partial charge on any atom is 0.319 e. The lowest BCUT2D eigenvalue weighted by atomic mass is 10.2. The van der Waals surface area contributed by atoms with E-state index in [1.165, 1.54) is 0 Å². The summed E-state index contributed by atoms with van der Waals surface area (Å²) in [6, 6.07) is 7.20. The first-order chi connectivity index (χ1) is 9.58. The van der Waals surface area contributed by atoms with Crippen LogP contribution < -0.4 is 16.4 Å². The van der Waals surface area contributed by atoms with Crippen molar-refractivity contribution in [1.29, 1.82) is 0 Å². The Morgan fingerprint density at radius 2 is 2.05 bits per heavy atom. The highest BCUT2D eigenvalue weighted by Crippen LogP contribution is 2.09. The van der Waals surface area contributed by atoms with Crippen molar-refractivity contribution in [3.05, 3.63) is 47.3 Å². The zero-order chi connectivity index (χ0) is 14.5. The van der Waals surface area contributed by atoms with E-state index < -0.39 is 0 Å². The van der Waals surface area contributed by atoms with Gasteiger partial charge in [0.05, 0.1) is 5.69 Å². The van der Waals surface area contributed by atoms with E-state index in [-0.39, 0.29) is 6.03 Å². The fraction of sp³-hybridized carbons (Fsp3) is 0.286. The molecule has 1 aromatic heterocycles. The normalized spacial score (nSPS) is 10.3. The maximum absolute atomic E-state index is 11.8. The van der Waals surface area contributed by atoms with Crippen LogP contribution in [-0.4, -0.2) is 15.8 Å².